The largest absolute Gasteiger partial charge is 0.311 e. The van der Waals surface area contributed by atoms with Gasteiger partial charge in [-0.3, -0.25) is 0 Å². The highest BCUT2D eigenvalue weighted by atomic mass is 79.9. The topological polar surface area (TPSA) is 26.0 Å². The second-order valence-corrected chi connectivity index (χ2v) is 3.90. The molecule has 1 heterocycles. The van der Waals surface area contributed by atoms with E-state index in [4.69, 9.17) is 17.3 Å². The fraction of sp³-hybridized carbons (Fsp3) is 0.200. The van der Waals surface area contributed by atoms with Crippen LogP contribution in [0.4, 0.5) is 0 Å². The normalized spacial score (nSPS) is 13.7. The molecule has 1 aromatic heterocycles. The number of nitrogens with two attached hydrogens (primary N) is 1. The number of hydrogen-bond donors (Lipinski definition) is 1. The van der Waals surface area contributed by atoms with Gasteiger partial charge in [-0.1, -0.05) is 11.6 Å². The Labute approximate surface area is 70.9 Å². The Kier molecular flexibility index (Phi) is 2.52. The Morgan fingerprint density at radius 3 is 2.67 bits per heavy atom. The van der Waals surface area contributed by atoms with Gasteiger partial charge in [-0.25, -0.2) is 0 Å². The minimum absolute atomic E-state index is 0.360. The molecule has 9 heavy (non-hydrogen) atoms. The van der Waals surface area contributed by atoms with Crippen LogP contribution in [0.2, 0.25) is 0 Å². The molecule has 1 aromatic rings. The molecule has 0 aliphatic rings. The second-order valence-electron chi connectivity index (χ2n) is 1.57. The van der Waals surface area contributed by atoms with Crippen LogP contribution in [-0.4, -0.2) is 0 Å². The van der Waals surface area contributed by atoms with Gasteiger partial charge in [0.15, 0.2) is 0 Å². The Hall–Kier alpha value is 0.430. The van der Waals surface area contributed by atoms with Crippen molar-refractivity contribution in [2.24, 2.45) is 5.73 Å². The molecular weight excluding hydrogens is 221 g/mol. The van der Waals surface area contributed by atoms with Gasteiger partial charge in [0.2, 0.25) is 0 Å². The predicted molar refractivity (Wildman–Crippen MR) is 44.8 cm³/mol. The molecular formula is C5H5BrClNS. The first-order chi connectivity index (χ1) is 4.20. The first kappa shape index (κ1) is 7.54. The van der Waals surface area contributed by atoms with Gasteiger partial charge in [0.25, 0.3) is 0 Å². The molecule has 50 valence electrons. The zero-order chi connectivity index (χ0) is 6.85. The molecule has 1 atom stereocenters. The summed E-state index contributed by atoms with van der Waals surface area (Å²) >= 11 is 10.4. The van der Waals surface area contributed by atoms with Crippen molar-refractivity contribution in [2.75, 3.05) is 0 Å². The highest BCUT2D eigenvalue weighted by molar-refractivity contribution is 9.10. The quantitative estimate of drug-likeness (QED) is 0.578. The molecule has 0 spiro atoms. The van der Waals surface area contributed by atoms with Crippen LogP contribution in [0.1, 0.15) is 10.4 Å². The average Bonchev–Trinajstić information content (AvgIpc) is 2.14. The zero-order valence-corrected chi connectivity index (χ0v) is 7.63. The van der Waals surface area contributed by atoms with E-state index in [1.807, 2.05) is 11.4 Å². The van der Waals surface area contributed by atoms with Crippen molar-refractivity contribution < 1.29 is 0 Å². The van der Waals surface area contributed by atoms with Gasteiger partial charge in [0, 0.05) is 14.7 Å². The van der Waals surface area contributed by atoms with Gasteiger partial charge in [-0.2, -0.15) is 0 Å². The molecule has 0 saturated carbocycles. The third-order valence-electron chi connectivity index (χ3n) is 0.860. The molecule has 0 radical (unpaired) electrons. The Morgan fingerprint density at radius 1 is 1.78 bits per heavy atom. The SMILES string of the molecule is NC(Cl)c1cc(Br)cs1. The average molecular weight is 227 g/mol. The maximum atomic E-state index is 5.58. The maximum Gasteiger partial charge on any atom is 0.115 e. The Bertz CT molecular complexity index is 199. The summed E-state index contributed by atoms with van der Waals surface area (Å²) in [5.74, 6) is 0. The lowest BCUT2D eigenvalue weighted by Gasteiger charge is -1.93. The smallest absolute Gasteiger partial charge is 0.115 e. The van der Waals surface area contributed by atoms with Crippen LogP contribution in [0.15, 0.2) is 15.9 Å². The van der Waals surface area contributed by atoms with Crippen molar-refractivity contribution in [2.45, 2.75) is 5.50 Å². The number of hydrogen-bond acceptors (Lipinski definition) is 2. The van der Waals surface area contributed by atoms with Crippen LogP contribution in [0, 0.1) is 0 Å². The molecule has 1 rings (SSSR count). The molecule has 0 saturated heterocycles. The molecule has 1 unspecified atom stereocenters. The van der Waals surface area contributed by atoms with Gasteiger partial charge in [0.05, 0.1) is 0 Å². The fourth-order valence-electron chi connectivity index (χ4n) is 0.473. The number of alkyl halides is 1. The summed E-state index contributed by atoms with van der Waals surface area (Å²) in [7, 11) is 0. The number of thiophene rings is 1. The molecule has 0 bridgehead atoms. The van der Waals surface area contributed by atoms with Gasteiger partial charge in [0.1, 0.15) is 5.50 Å². The standard InChI is InChI=1S/C5H5BrClNS/c6-3-1-4(5(7)8)9-2-3/h1-2,5H,8H2. The van der Waals surface area contributed by atoms with Crippen LogP contribution < -0.4 is 5.73 Å². The summed E-state index contributed by atoms with van der Waals surface area (Å²) < 4.78 is 1.04. The predicted octanol–water partition coefficient (Wildman–Crippen LogP) is 2.71. The number of halogens is 2. The molecule has 0 fully saturated rings. The van der Waals surface area contributed by atoms with Crippen LogP contribution in [0.3, 0.4) is 0 Å². The summed E-state index contributed by atoms with van der Waals surface area (Å²) in [5, 5.41) is 1.96. The first-order valence-electron chi connectivity index (χ1n) is 2.34. The van der Waals surface area contributed by atoms with E-state index in [9.17, 15) is 0 Å². The third-order valence-corrected chi connectivity index (χ3v) is 3.00. The van der Waals surface area contributed by atoms with E-state index in [0.29, 0.717) is 0 Å². The summed E-state index contributed by atoms with van der Waals surface area (Å²) in [6, 6.07) is 1.92. The molecule has 4 heteroatoms. The molecule has 0 amide bonds. The van der Waals surface area contributed by atoms with E-state index >= 15 is 0 Å². The van der Waals surface area contributed by atoms with Crippen molar-refractivity contribution >= 4 is 38.9 Å². The Morgan fingerprint density at radius 2 is 2.44 bits per heavy atom. The zero-order valence-electron chi connectivity index (χ0n) is 4.47. The van der Waals surface area contributed by atoms with E-state index in [-0.39, 0.29) is 5.50 Å². The molecule has 1 nitrogen and oxygen atoms in total. The van der Waals surface area contributed by atoms with Gasteiger partial charge in [-0.05, 0) is 22.0 Å². The summed E-state index contributed by atoms with van der Waals surface area (Å²) in [6.45, 7) is 0. The van der Waals surface area contributed by atoms with Gasteiger partial charge < -0.3 is 5.73 Å². The maximum absolute atomic E-state index is 5.58. The molecule has 0 aliphatic heterocycles. The van der Waals surface area contributed by atoms with E-state index in [2.05, 4.69) is 15.9 Å². The summed E-state index contributed by atoms with van der Waals surface area (Å²) in [6.07, 6.45) is 0. The Balaban J connectivity index is 2.85. The molecule has 0 aromatic carbocycles. The lowest BCUT2D eigenvalue weighted by Crippen LogP contribution is -1.98. The van der Waals surface area contributed by atoms with Crippen molar-refractivity contribution in [3.8, 4) is 0 Å². The van der Waals surface area contributed by atoms with Crippen molar-refractivity contribution in [3.63, 3.8) is 0 Å². The highest BCUT2D eigenvalue weighted by Crippen LogP contribution is 2.25. The van der Waals surface area contributed by atoms with Gasteiger partial charge >= 0.3 is 0 Å². The van der Waals surface area contributed by atoms with Crippen LogP contribution in [0.5, 0.6) is 0 Å². The lowest BCUT2D eigenvalue weighted by molar-refractivity contribution is 1.05. The van der Waals surface area contributed by atoms with E-state index in [0.717, 1.165) is 9.35 Å². The van der Waals surface area contributed by atoms with Crippen LogP contribution in [-0.2, 0) is 0 Å². The summed E-state index contributed by atoms with van der Waals surface area (Å²) in [5.41, 5.74) is 5.02. The van der Waals surface area contributed by atoms with Crippen LogP contribution in [0.25, 0.3) is 0 Å². The minimum atomic E-state index is -0.360. The van der Waals surface area contributed by atoms with E-state index in [1.54, 1.807) is 11.3 Å². The van der Waals surface area contributed by atoms with Crippen molar-refractivity contribution in [1.82, 2.24) is 0 Å². The third kappa shape index (κ3) is 1.93. The van der Waals surface area contributed by atoms with Crippen LogP contribution >= 0.6 is 38.9 Å². The van der Waals surface area contributed by atoms with Crippen molar-refractivity contribution in [1.29, 1.82) is 0 Å². The number of rotatable bonds is 1. The summed E-state index contributed by atoms with van der Waals surface area (Å²) in [4.78, 5) is 0.989. The van der Waals surface area contributed by atoms with E-state index in [1.165, 1.54) is 0 Å². The van der Waals surface area contributed by atoms with E-state index < -0.39 is 0 Å². The minimum Gasteiger partial charge on any atom is -0.311 e. The molecule has 2 N–H and O–H groups in total. The van der Waals surface area contributed by atoms with Gasteiger partial charge in [-0.15, -0.1) is 11.3 Å². The highest BCUT2D eigenvalue weighted by Gasteiger charge is 2.02. The first-order valence-corrected chi connectivity index (χ1v) is 4.44. The second kappa shape index (κ2) is 3.01. The lowest BCUT2D eigenvalue weighted by atomic mass is 10.5. The monoisotopic (exact) mass is 225 g/mol. The fourth-order valence-corrected chi connectivity index (χ4v) is 2.01. The molecule has 0 aliphatic carbocycles. The van der Waals surface area contributed by atoms with Crippen molar-refractivity contribution in [3.05, 3.63) is 20.8 Å².